The molecule has 0 radical (unpaired) electrons. The van der Waals surface area contributed by atoms with Crippen molar-refractivity contribution in [2.24, 2.45) is 5.14 Å². The SMILES string of the molecule is COC(=O)c1cc(Br)cc(Br)c1NS(N)(=O)=O. The number of nitrogens with one attached hydrogen (secondary N) is 1. The first-order valence-electron chi connectivity index (χ1n) is 4.12. The Bertz CT molecular complexity index is 559. The van der Waals surface area contributed by atoms with Crippen LogP contribution >= 0.6 is 31.9 Å². The van der Waals surface area contributed by atoms with Crippen molar-refractivity contribution in [3.63, 3.8) is 0 Å². The maximum Gasteiger partial charge on any atom is 0.340 e. The number of carbonyl (C=O) groups is 1. The molecule has 0 saturated heterocycles. The highest BCUT2D eigenvalue weighted by molar-refractivity contribution is 9.11. The summed E-state index contributed by atoms with van der Waals surface area (Å²) in [6.07, 6.45) is 0. The van der Waals surface area contributed by atoms with Crippen LogP contribution in [0.15, 0.2) is 21.1 Å². The standard InChI is InChI=1S/C8H8Br2N2O4S/c1-16-8(13)5-2-4(9)3-6(10)7(5)12-17(11,14)15/h2-3,12H,1H3,(H2,11,14,15). The van der Waals surface area contributed by atoms with Crippen LogP contribution in [0, 0.1) is 0 Å². The van der Waals surface area contributed by atoms with Crippen molar-refractivity contribution in [1.82, 2.24) is 0 Å². The fraction of sp³-hybridized carbons (Fsp3) is 0.125. The van der Waals surface area contributed by atoms with Crippen molar-refractivity contribution in [1.29, 1.82) is 0 Å². The Hall–Kier alpha value is -0.640. The smallest absolute Gasteiger partial charge is 0.340 e. The molecule has 0 atom stereocenters. The first-order chi connectivity index (χ1) is 7.74. The Labute approximate surface area is 115 Å². The van der Waals surface area contributed by atoms with Crippen LogP contribution < -0.4 is 9.86 Å². The number of anilines is 1. The van der Waals surface area contributed by atoms with E-state index >= 15 is 0 Å². The number of hydrogen-bond acceptors (Lipinski definition) is 4. The Morgan fingerprint density at radius 1 is 1.41 bits per heavy atom. The molecule has 0 saturated carbocycles. The van der Waals surface area contributed by atoms with Crippen molar-refractivity contribution in [3.05, 3.63) is 26.6 Å². The highest BCUT2D eigenvalue weighted by Gasteiger charge is 2.18. The van der Waals surface area contributed by atoms with E-state index in [0.717, 1.165) is 0 Å². The monoisotopic (exact) mass is 386 g/mol. The van der Waals surface area contributed by atoms with Crippen molar-refractivity contribution in [2.75, 3.05) is 11.8 Å². The van der Waals surface area contributed by atoms with E-state index in [9.17, 15) is 13.2 Å². The van der Waals surface area contributed by atoms with E-state index in [0.29, 0.717) is 8.95 Å². The molecular weight excluding hydrogens is 380 g/mol. The maximum absolute atomic E-state index is 11.5. The largest absolute Gasteiger partial charge is 0.465 e. The van der Waals surface area contributed by atoms with Crippen molar-refractivity contribution in [2.45, 2.75) is 0 Å². The van der Waals surface area contributed by atoms with E-state index in [1.807, 2.05) is 4.72 Å². The normalized spacial score (nSPS) is 11.1. The number of nitrogens with two attached hydrogens (primary N) is 1. The van der Waals surface area contributed by atoms with E-state index in [1.54, 1.807) is 6.07 Å². The quantitative estimate of drug-likeness (QED) is 0.769. The van der Waals surface area contributed by atoms with Gasteiger partial charge in [-0.2, -0.15) is 8.42 Å². The van der Waals surface area contributed by atoms with Gasteiger partial charge in [-0.15, -0.1) is 0 Å². The maximum atomic E-state index is 11.5. The lowest BCUT2D eigenvalue weighted by Gasteiger charge is -2.11. The fourth-order valence-corrected chi connectivity index (χ4v) is 3.05. The molecule has 0 fully saturated rings. The number of halogens is 2. The van der Waals surface area contributed by atoms with Crippen LogP contribution in [0.1, 0.15) is 10.4 Å². The van der Waals surface area contributed by atoms with Crippen LogP contribution in [0.4, 0.5) is 5.69 Å². The summed E-state index contributed by atoms with van der Waals surface area (Å²) in [6, 6.07) is 2.99. The van der Waals surface area contributed by atoms with Gasteiger partial charge in [-0.1, -0.05) is 15.9 Å². The average Bonchev–Trinajstić information content (AvgIpc) is 2.19. The Balaban J connectivity index is 3.40. The first-order valence-corrected chi connectivity index (χ1v) is 7.25. The molecule has 3 N–H and O–H groups in total. The summed E-state index contributed by atoms with van der Waals surface area (Å²) in [4.78, 5) is 11.5. The summed E-state index contributed by atoms with van der Waals surface area (Å²) in [5, 5.41) is 4.86. The van der Waals surface area contributed by atoms with Gasteiger partial charge in [0.2, 0.25) is 0 Å². The summed E-state index contributed by atoms with van der Waals surface area (Å²) in [5.41, 5.74) is 0.0744. The van der Waals surface area contributed by atoms with Gasteiger partial charge >= 0.3 is 5.97 Å². The lowest BCUT2D eigenvalue weighted by molar-refractivity contribution is 0.0602. The van der Waals surface area contributed by atoms with E-state index in [2.05, 4.69) is 36.6 Å². The summed E-state index contributed by atoms with van der Waals surface area (Å²) >= 11 is 6.31. The molecule has 1 aromatic rings. The third-order valence-electron chi connectivity index (χ3n) is 1.70. The predicted octanol–water partition coefficient (Wildman–Crippen LogP) is 1.61. The second-order valence-electron chi connectivity index (χ2n) is 2.95. The van der Waals surface area contributed by atoms with Gasteiger partial charge in [0.05, 0.1) is 18.4 Å². The molecule has 0 aliphatic carbocycles. The summed E-state index contributed by atoms with van der Waals surface area (Å²) < 4.78 is 29.5. The van der Waals surface area contributed by atoms with Gasteiger partial charge in [0.15, 0.2) is 0 Å². The molecule has 17 heavy (non-hydrogen) atoms. The van der Waals surface area contributed by atoms with Crippen LogP contribution in [0.25, 0.3) is 0 Å². The molecule has 0 bridgehead atoms. The Kier molecular flexibility index (Phi) is 4.53. The van der Waals surface area contributed by atoms with Crippen LogP contribution in [-0.2, 0) is 14.9 Å². The molecule has 0 unspecified atom stereocenters. The van der Waals surface area contributed by atoms with Crippen molar-refractivity contribution < 1.29 is 17.9 Å². The fourth-order valence-electron chi connectivity index (χ4n) is 1.09. The summed E-state index contributed by atoms with van der Waals surface area (Å²) in [5.74, 6) is -0.682. The predicted molar refractivity (Wildman–Crippen MR) is 69.9 cm³/mol. The second-order valence-corrected chi connectivity index (χ2v) is 6.01. The van der Waals surface area contributed by atoms with Crippen molar-refractivity contribution in [3.8, 4) is 0 Å². The highest BCUT2D eigenvalue weighted by Crippen LogP contribution is 2.31. The van der Waals surface area contributed by atoms with Gasteiger partial charge in [-0.25, -0.2) is 9.93 Å². The van der Waals surface area contributed by atoms with Crippen LogP contribution in [0.5, 0.6) is 0 Å². The minimum absolute atomic E-state index is 0.0301. The average molecular weight is 388 g/mol. The Morgan fingerprint density at radius 2 is 2.00 bits per heavy atom. The van der Waals surface area contributed by atoms with Gasteiger partial charge in [-0.05, 0) is 28.1 Å². The van der Waals surface area contributed by atoms with Crippen LogP contribution in [0.3, 0.4) is 0 Å². The second kappa shape index (κ2) is 5.34. The summed E-state index contributed by atoms with van der Waals surface area (Å²) in [7, 11) is -2.79. The molecule has 0 aliphatic heterocycles. The van der Waals surface area contributed by atoms with Crippen LogP contribution in [0.2, 0.25) is 0 Å². The van der Waals surface area contributed by atoms with Crippen molar-refractivity contribution >= 4 is 53.7 Å². The molecule has 0 spiro atoms. The van der Waals surface area contributed by atoms with Crippen LogP contribution in [-0.4, -0.2) is 21.5 Å². The van der Waals surface area contributed by atoms with E-state index in [4.69, 9.17) is 5.14 Å². The molecule has 9 heteroatoms. The van der Waals surface area contributed by atoms with E-state index in [1.165, 1.54) is 13.2 Å². The van der Waals surface area contributed by atoms with Gasteiger partial charge in [0.25, 0.3) is 10.2 Å². The molecule has 0 heterocycles. The Morgan fingerprint density at radius 3 is 2.47 bits per heavy atom. The zero-order valence-electron chi connectivity index (χ0n) is 8.53. The molecule has 1 rings (SSSR count). The minimum Gasteiger partial charge on any atom is -0.465 e. The topological polar surface area (TPSA) is 98.5 Å². The minimum atomic E-state index is -3.98. The number of carbonyl (C=O) groups excluding carboxylic acids is 1. The number of hydrogen-bond donors (Lipinski definition) is 2. The number of esters is 1. The number of methoxy groups -OCH3 is 1. The molecular formula is C8H8Br2N2O4S. The van der Waals surface area contributed by atoms with E-state index < -0.39 is 16.2 Å². The van der Waals surface area contributed by atoms with Gasteiger partial charge in [0.1, 0.15) is 0 Å². The number of benzene rings is 1. The lowest BCUT2D eigenvalue weighted by Crippen LogP contribution is -2.23. The molecule has 0 amide bonds. The number of ether oxygens (including phenoxy) is 1. The molecule has 0 aliphatic rings. The molecule has 94 valence electrons. The zero-order valence-corrected chi connectivity index (χ0v) is 12.5. The third-order valence-corrected chi connectivity index (χ3v) is 3.28. The van der Waals surface area contributed by atoms with Gasteiger partial charge < -0.3 is 4.74 Å². The van der Waals surface area contributed by atoms with Gasteiger partial charge in [0, 0.05) is 8.95 Å². The summed E-state index contributed by atoms with van der Waals surface area (Å²) in [6.45, 7) is 0. The van der Waals surface area contributed by atoms with E-state index in [-0.39, 0.29) is 11.3 Å². The molecule has 1 aromatic carbocycles. The van der Waals surface area contributed by atoms with Gasteiger partial charge in [-0.3, -0.25) is 4.72 Å². The lowest BCUT2D eigenvalue weighted by atomic mass is 10.2. The zero-order chi connectivity index (χ0) is 13.2. The first kappa shape index (κ1) is 14.4. The third kappa shape index (κ3) is 3.95. The number of rotatable bonds is 3. The molecule has 6 nitrogen and oxygen atoms in total. The highest BCUT2D eigenvalue weighted by atomic mass is 79.9. The molecule has 0 aromatic heterocycles.